The van der Waals surface area contributed by atoms with E-state index in [1.165, 1.54) is 5.56 Å². The fourth-order valence-electron chi connectivity index (χ4n) is 2.98. The molecule has 0 atom stereocenters. The number of rotatable bonds is 5. The van der Waals surface area contributed by atoms with Gasteiger partial charge < -0.3 is 9.47 Å². The average Bonchev–Trinajstić information content (AvgIpc) is 3.10. The summed E-state index contributed by atoms with van der Waals surface area (Å²) in [6.45, 7) is 2.55. The number of carbonyl (C=O) groups excluding carboxylic acids is 1. The second-order valence-corrected chi connectivity index (χ2v) is 11.0. The lowest BCUT2D eigenvalue weighted by atomic mass is 10.1. The number of halogens is 4. The minimum absolute atomic E-state index is 0.215. The Kier molecular flexibility index (Phi) is 7.78. The smallest absolute Gasteiger partial charge is 0.363 e. The first-order valence-electron chi connectivity index (χ1n) is 9.45. The van der Waals surface area contributed by atoms with Crippen LogP contribution in [0.2, 0.25) is 5.02 Å². The van der Waals surface area contributed by atoms with E-state index in [-0.39, 0.29) is 11.6 Å². The van der Waals surface area contributed by atoms with Gasteiger partial charge in [-0.05, 0) is 122 Å². The van der Waals surface area contributed by atoms with Crippen LogP contribution in [-0.2, 0) is 16.1 Å². The standard InChI is InChI=1S/C24H15ClI3NO3/c1-13-2-4-14(5-3-13)12-31-22-19(27)8-15(9-20(22)28)10-21-24(30)32-23(29-21)17-11-16(26)6-7-18(17)25/h2-11H,12H2,1H3/b21-10-. The summed E-state index contributed by atoms with van der Waals surface area (Å²) in [5.41, 5.74) is 4.00. The van der Waals surface area contributed by atoms with E-state index in [2.05, 4.69) is 104 Å². The van der Waals surface area contributed by atoms with Gasteiger partial charge in [-0.1, -0.05) is 41.4 Å². The largest absolute Gasteiger partial charge is 0.487 e. The molecule has 162 valence electrons. The maximum atomic E-state index is 12.4. The monoisotopic (exact) mass is 781 g/mol. The van der Waals surface area contributed by atoms with Crippen LogP contribution in [0.3, 0.4) is 0 Å². The summed E-state index contributed by atoms with van der Waals surface area (Å²) >= 11 is 12.9. The zero-order chi connectivity index (χ0) is 22.8. The molecule has 0 aliphatic carbocycles. The SMILES string of the molecule is Cc1ccc(COc2c(I)cc(/C=C3\N=C(c4cc(I)ccc4Cl)OC3=O)cc2I)cc1. The van der Waals surface area contributed by atoms with Gasteiger partial charge in [0.1, 0.15) is 12.4 Å². The lowest BCUT2D eigenvalue weighted by Crippen LogP contribution is -2.06. The highest BCUT2D eigenvalue weighted by atomic mass is 127. The summed E-state index contributed by atoms with van der Waals surface area (Å²) in [6, 6.07) is 17.7. The second-order valence-electron chi connectivity index (χ2n) is 7.05. The van der Waals surface area contributed by atoms with Crippen molar-refractivity contribution in [3.05, 3.63) is 98.3 Å². The van der Waals surface area contributed by atoms with E-state index in [1.54, 1.807) is 12.1 Å². The first-order valence-corrected chi connectivity index (χ1v) is 13.1. The molecule has 0 amide bonds. The number of hydrogen-bond acceptors (Lipinski definition) is 4. The van der Waals surface area contributed by atoms with Crippen LogP contribution in [0.4, 0.5) is 0 Å². The van der Waals surface area contributed by atoms with Gasteiger partial charge in [0.25, 0.3) is 0 Å². The van der Waals surface area contributed by atoms with Crippen LogP contribution < -0.4 is 4.74 Å². The van der Waals surface area contributed by atoms with Gasteiger partial charge in [0.2, 0.25) is 5.90 Å². The number of esters is 1. The minimum atomic E-state index is -0.500. The van der Waals surface area contributed by atoms with Gasteiger partial charge in [-0.2, -0.15) is 0 Å². The Labute approximate surface area is 231 Å². The molecule has 3 aromatic carbocycles. The summed E-state index contributed by atoms with van der Waals surface area (Å²) in [4.78, 5) is 16.8. The highest BCUT2D eigenvalue weighted by Gasteiger charge is 2.26. The van der Waals surface area contributed by atoms with E-state index in [0.29, 0.717) is 17.2 Å². The molecule has 1 aliphatic rings. The predicted molar refractivity (Wildman–Crippen MR) is 152 cm³/mol. The van der Waals surface area contributed by atoms with Crippen molar-refractivity contribution in [3.8, 4) is 5.75 Å². The van der Waals surface area contributed by atoms with Crippen molar-refractivity contribution in [1.82, 2.24) is 0 Å². The average molecular weight is 782 g/mol. The topological polar surface area (TPSA) is 47.9 Å². The Morgan fingerprint density at radius 3 is 2.41 bits per heavy atom. The number of benzene rings is 3. The van der Waals surface area contributed by atoms with E-state index in [9.17, 15) is 4.79 Å². The molecule has 0 saturated carbocycles. The molecule has 0 N–H and O–H groups in total. The van der Waals surface area contributed by atoms with Crippen LogP contribution in [0.25, 0.3) is 6.08 Å². The van der Waals surface area contributed by atoms with E-state index < -0.39 is 5.97 Å². The van der Waals surface area contributed by atoms with Crippen molar-refractivity contribution in [3.63, 3.8) is 0 Å². The van der Waals surface area contributed by atoms with E-state index in [1.807, 2.05) is 24.3 Å². The van der Waals surface area contributed by atoms with Crippen LogP contribution in [0.5, 0.6) is 5.75 Å². The molecular weight excluding hydrogens is 766 g/mol. The van der Waals surface area contributed by atoms with Crippen LogP contribution in [0, 0.1) is 17.6 Å². The molecule has 0 fully saturated rings. The number of hydrogen-bond donors (Lipinski definition) is 0. The first kappa shape index (κ1) is 24.0. The summed E-state index contributed by atoms with van der Waals surface area (Å²) in [7, 11) is 0. The molecule has 1 aliphatic heterocycles. The summed E-state index contributed by atoms with van der Waals surface area (Å²) in [5.74, 6) is 0.532. The molecule has 0 saturated heterocycles. The molecule has 0 radical (unpaired) electrons. The predicted octanol–water partition coefficient (Wildman–Crippen LogP) is 7.39. The van der Waals surface area contributed by atoms with Crippen molar-refractivity contribution < 1.29 is 14.3 Å². The Balaban J connectivity index is 1.57. The number of cyclic esters (lactones) is 1. The lowest BCUT2D eigenvalue weighted by Gasteiger charge is -2.12. The fourth-order valence-corrected chi connectivity index (χ4v) is 5.80. The third kappa shape index (κ3) is 5.65. The number of aliphatic imine (C=N–C) groups is 1. The summed E-state index contributed by atoms with van der Waals surface area (Å²) in [5, 5.41) is 0.484. The molecular formula is C24H15ClI3NO3. The maximum Gasteiger partial charge on any atom is 0.363 e. The van der Waals surface area contributed by atoms with Gasteiger partial charge in [-0.15, -0.1) is 0 Å². The molecule has 0 bridgehead atoms. The first-order chi connectivity index (χ1) is 15.3. The van der Waals surface area contributed by atoms with Gasteiger partial charge in [0.15, 0.2) is 5.70 Å². The third-order valence-electron chi connectivity index (χ3n) is 4.61. The van der Waals surface area contributed by atoms with Gasteiger partial charge in [-0.25, -0.2) is 9.79 Å². The van der Waals surface area contributed by atoms with Crippen LogP contribution >= 0.6 is 79.4 Å². The van der Waals surface area contributed by atoms with E-state index >= 15 is 0 Å². The molecule has 8 heteroatoms. The molecule has 3 aromatic rings. The van der Waals surface area contributed by atoms with Gasteiger partial charge in [0, 0.05) is 3.57 Å². The number of carbonyl (C=O) groups is 1. The van der Waals surface area contributed by atoms with Crippen molar-refractivity contribution >= 4 is 97.3 Å². The Hall–Kier alpha value is -1.18. The van der Waals surface area contributed by atoms with Gasteiger partial charge in [-0.3, -0.25) is 0 Å². The normalized spacial score (nSPS) is 14.5. The summed E-state index contributed by atoms with van der Waals surface area (Å²) in [6.07, 6.45) is 1.71. The van der Waals surface area contributed by atoms with Gasteiger partial charge in [0.05, 0.1) is 17.7 Å². The number of nitrogens with zero attached hydrogens (tertiary/aromatic N) is 1. The summed E-state index contributed by atoms with van der Waals surface area (Å²) < 4.78 is 14.3. The Morgan fingerprint density at radius 2 is 1.72 bits per heavy atom. The zero-order valence-corrected chi connectivity index (χ0v) is 23.9. The highest BCUT2D eigenvalue weighted by molar-refractivity contribution is 14.1. The Bertz CT molecular complexity index is 1250. The number of ether oxygens (including phenoxy) is 2. The van der Waals surface area contributed by atoms with E-state index in [4.69, 9.17) is 21.1 Å². The van der Waals surface area contributed by atoms with Crippen LogP contribution in [0.15, 0.2) is 65.3 Å². The highest BCUT2D eigenvalue weighted by Crippen LogP contribution is 2.31. The van der Waals surface area contributed by atoms with Crippen LogP contribution in [0.1, 0.15) is 22.3 Å². The van der Waals surface area contributed by atoms with Crippen molar-refractivity contribution in [1.29, 1.82) is 0 Å². The van der Waals surface area contributed by atoms with E-state index in [0.717, 1.165) is 27.6 Å². The molecule has 1 heterocycles. The second kappa shape index (κ2) is 10.4. The molecule has 0 unspecified atom stereocenters. The van der Waals surface area contributed by atoms with Crippen molar-refractivity contribution in [2.24, 2.45) is 4.99 Å². The molecule has 0 aromatic heterocycles. The molecule has 4 nitrogen and oxygen atoms in total. The van der Waals surface area contributed by atoms with Crippen LogP contribution in [-0.4, -0.2) is 11.9 Å². The third-order valence-corrected chi connectivity index (χ3v) is 7.21. The molecule has 4 rings (SSSR count). The quantitative estimate of drug-likeness (QED) is 0.154. The molecule has 0 spiro atoms. The van der Waals surface area contributed by atoms with Crippen molar-refractivity contribution in [2.75, 3.05) is 0 Å². The fraction of sp³-hybridized carbons (Fsp3) is 0.0833. The lowest BCUT2D eigenvalue weighted by molar-refractivity contribution is -0.129. The maximum absolute atomic E-state index is 12.4. The van der Waals surface area contributed by atoms with Gasteiger partial charge >= 0.3 is 5.97 Å². The van der Waals surface area contributed by atoms with Crippen molar-refractivity contribution in [2.45, 2.75) is 13.5 Å². The Morgan fingerprint density at radius 1 is 1.03 bits per heavy atom. The zero-order valence-electron chi connectivity index (χ0n) is 16.7. The molecule has 32 heavy (non-hydrogen) atoms. The minimum Gasteiger partial charge on any atom is -0.487 e. The number of aryl methyl sites for hydroxylation is 1.